The molecule has 0 N–H and O–H groups in total. The second-order valence-electron chi connectivity index (χ2n) is 13.6. The van der Waals surface area contributed by atoms with Crippen molar-refractivity contribution in [3.63, 3.8) is 0 Å². The molecular formula is C44H64F2N2O4. The maximum absolute atomic E-state index is 17.1. The van der Waals surface area contributed by atoms with Gasteiger partial charge in [0.25, 0.3) is 0 Å². The van der Waals surface area contributed by atoms with E-state index < -0.39 is 17.6 Å². The summed E-state index contributed by atoms with van der Waals surface area (Å²) in [5.74, 6) is -1.77. The van der Waals surface area contributed by atoms with Crippen molar-refractivity contribution in [3.8, 4) is 35.1 Å². The van der Waals surface area contributed by atoms with E-state index in [0.717, 1.165) is 103 Å². The first-order valence-electron chi connectivity index (χ1n) is 20.0. The fourth-order valence-corrected chi connectivity index (χ4v) is 6.16. The lowest BCUT2D eigenvalue weighted by molar-refractivity contribution is 0.276. The molecule has 0 amide bonds. The van der Waals surface area contributed by atoms with E-state index >= 15 is 8.78 Å². The third kappa shape index (κ3) is 14.0. The number of halogens is 2. The molecule has 0 saturated heterocycles. The van der Waals surface area contributed by atoms with Crippen molar-refractivity contribution in [2.45, 2.75) is 157 Å². The molecule has 0 aromatic heterocycles. The van der Waals surface area contributed by atoms with Crippen molar-refractivity contribution >= 4 is 5.57 Å². The van der Waals surface area contributed by atoms with Gasteiger partial charge in [-0.1, -0.05) is 111 Å². The highest BCUT2D eigenvalue weighted by atomic mass is 19.1. The third-order valence-corrected chi connectivity index (χ3v) is 9.34. The van der Waals surface area contributed by atoms with Crippen molar-refractivity contribution in [1.29, 1.82) is 10.5 Å². The van der Waals surface area contributed by atoms with Crippen LogP contribution >= 0.6 is 0 Å². The Kier molecular flexibility index (Phi) is 22.2. The molecule has 0 radical (unpaired) electrons. The molecule has 0 bridgehead atoms. The highest BCUT2D eigenvalue weighted by Crippen LogP contribution is 2.43. The summed E-state index contributed by atoms with van der Waals surface area (Å²) < 4.78 is 57.8. The smallest absolute Gasteiger partial charge is 0.173 e. The highest BCUT2D eigenvalue weighted by molar-refractivity contribution is 5.81. The molecule has 0 aliphatic heterocycles. The number of ether oxygens (including phenoxy) is 4. The average molecular weight is 723 g/mol. The van der Waals surface area contributed by atoms with Gasteiger partial charge >= 0.3 is 0 Å². The van der Waals surface area contributed by atoms with E-state index in [-0.39, 0.29) is 41.4 Å². The lowest BCUT2D eigenvalue weighted by Crippen LogP contribution is -2.13. The fraction of sp³-hybridized carbons (Fsp3) is 0.636. The number of rotatable bonds is 28. The van der Waals surface area contributed by atoms with Crippen molar-refractivity contribution < 1.29 is 27.7 Å². The fourth-order valence-electron chi connectivity index (χ4n) is 6.16. The molecule has 2 rings (SSSR count). The SMILES string of the molecule is C/C=C(\C#N)c1cc(OCCCCCC)c(C(C#N)Cc2cc(OCCCCCC)c(C)c(F)c2OCCCCCC)c(F)c1OCCCCCC. The number of hydrogen-bond acceptors (Lipinski definition) is 6. The summed E-state index contributed by atoms with van der Waals surface area (Å²) in [5, 5.41) is 20.7. The number of allylic oxidation sites excluding steroid dienone is 2. The van der Waals surface area contributed by atoms with E-state index in [9.17, 15) is 10.5 Å². The Morgan fingerprint density at radius 3 is 1.60 bits per heavy atom. The Morgan fingerprint density at radius 2 is 1.13 bits per heavy atom. The number of nitrogens with zero attached hydrogens (tertiary/aromatic N) is 2. The standard InChI is InChI=1S/C44H64F2N2O4/c1-7-12-16-20-24-49-38-29-35(43(41(45)33(38)6)51-26-22-18-14-9-3)28-36(32-48)40-39(50-25-21-17-13-8-2)30-37(34(11-5)31-47)44(42(40)46)52-27-23-19-15-10-4/h11,29-30,36H,7-10,12-28H2,1-6H3/b34-11+. The van der Waals surface area contributed by atoms with Crippen LogP contribution in [0.15, 0.2) is 18.2 Å². The Balaban J connectivity index is 2.70. The molecule has 2 aromatic rings. The van der Waals surface area contributed by atoms with E-state index in [1.165, 1.54) is 0 Å². The van der Waals surface area contributed by atoms with Gasteiger partial charge in [-0.25, -0.2) is 8.78 Å². The lowest BCUT2D eigenvalue weighted by atomic mass is 9.88. The molecule has 288 valence electrons. The predicted octanol–water partition coefficient (Wildman–Crippen LogP) is 12.9. The van der Waals surface area contributed by atoms with Gasteiger partial charge < -0.3 is 18.9 Å². The number of unbranched alkanes of at least 4 members (excludes halogenated alkanes) is 12. The van der Waals surface area contributed by atoms with E-state index in [2.05, 4.69) is 39.8 Å². The topological polar surface area (TPSA) is 84.5 Å². The Hall–Kier alpha value is -3.78. The maximum Gasteiger partial charge on any atom is 0.173 e. The van der Waals surface area contributed by atoms with Crippen molar-refractivity contribution in [2.75, 3.05) is 26.4 Å². The van der Waals surface area contributed by atoms with Crippen LogP contribution in [0.2, 0.25) is 0 Å². The molecule has 1 atom stereocenters. The first kappa shape index (κ1) is 44.4. The molecule has 1 unspecified atom stereocenters. The number of hydrogen-bond donors (Lipinski definition) is 0. The van der Waals surface area contributed by atoms with Gasteiger partial charge in [-0.2, -0.15) is 10.5 Å². The monoisotopic (exact) mass is 722 g/mol. The third-order valence-electron chi connectivity index (χ3n) is 9.34. The van der Waals surface area contributed by atoms with Crippen LogP contribution in [-0.4, -0.2) is 26.4 Å². The van der Waals surface area contributed by atoms with Crippen LogP contribution in [0, 0.1) is 41.2 Å². The van der Waals surface area contributed by atoms with Gasteiger partial charge in [-0.3, -0.25) is 0 Å². The molecule has 0 heterocycles. The molecule has 8 heteroatoms. The van der Waals surface area contributed by atoms with E-state index in [4.69, 9.17) is 18.9 Å². The van der Waals surface area contributed by atoms with Gasteiger partial charge in [-0.15, -0.1) is 0 Å². The molecule has 52 heavy (non-hydrogen) atoms. The summed E-state index contributed by atoms with van der Waals surface area (Å²) in [4.78, 5) is 0. The Morgan fingerprint density at radius 1 is 0.654 bits per heavy atom. The van der Waals surface area contributed by atoms with E-state index in [1.807, 2.05) is 0 Å². The average Bonchev–Trinajstić information content (AvgIpc) is 3.14. The van der Waals surface area contributed by atoms with Gasteiger partial charge in [0.05, 0.1) is 55.6 Å². The van der Waals surface area contributed by atoms with E-state index in [0.29, 0.717) is 42.3 Å². The maximum atomic E-state index is 17.1. The first-order valence-corrected chi connectivity index (χ1v) is 20.0. The highest BCUT2D eigenvalue weighted by Gasteiger charge is 2.30. The Labute approximate surface area is 313 Å². The number of nitriles is 2. The van der Waals surface area contributed by atoms with Gasteiger partial charge in [0.2, 0.25) is 0 Å². The minimum atomic E-state index is -1.08. The van der Waals surface area contributed by atoms with Crippen LogP contribution in [-0.2, 0) is 6.42 Å². The quantitative estimate of drug-likeness (QED) is 0.0642. The zero-order valence-corrected chi connectivity index (χ0v) is 32.9. The van der Waals surface area contributed by atoms with Gasteiger partial charge in [0, 0.05) is 16.7 Å². The van der Waals surface area contributed by atoms with Crippen LogP contribution < -0.4 is 18.9 Å². The normalized spacial score (nSPS) is 11.9. The van der Waals surface area contributed by atoms with Crippen LogP contribution in [0.5, 0.6) is 23.0 Å². The molecule has 0 aliphatic carbocycles. The second-order valence-corrected chi connectivity index (χ2v) is 13.6. The Bertz CT molecular complexity index is 1460. The zero-order chi connectivity index (χ0) is 38.1. The number of benzene rings is 2. The first-order chi connectivity index (χ1) is 25.3. The molecular weight excluding hydrogens is 658 g/mol. The summed E-state index contributed by atoms with van der Waals surface area (Å²) in [6.45, 7) is 13.2. The molecule has 0 spiro atoms. The minimum Gasteiger partial charge on any atom is -0.493 e. The van der Waals surface area contributed by atoms with Crippen LogP contribution in [0.25, 0.3) is 5.57 Å². The zero-order valence-electron chi connectivity index (χ0n) is 32.9. The summed E-state index contributed by atoms with van der Waals surface area (Å²) in [6.07, 6.45) is 17.0. The summed E-state index contributed by atoms with van der Waals surface area (Å²) in [6, 6.07) is 7.85. The lowest BCUT2D eigenvalue weighted by Gasteiger charge is -2.23. The van der Waals surface area contributed by atoms with Gasteiger partial charge in [0.15, 0.2) is 23.1 Å². The van der Waals surface area contributed by atoms with Crippen molar-refractivity contribution in [3.05, 3.63) is 52.1 Å². The summed E-state index contributed by atoms with van der Waals surface area (Å²) in [7, 11) is 0. The van der Waals surface area contributed by atoms with E-state index in [1.54, 1.807) is 32.1 Å². The minimum absolute atomic E-state index is 0.0376. The molecule has 2 aromatic carbocycles. The second kappa shape index (κ2) is 26.1. The van der Waals surface area contributed by atoms with Gasteiger partial charge in [0.1, 0.15) is 11.5 Å². The van der Waals surface area contributed by atoms with Crippen LogP contribution in [0.1, 0.15) is 166 Å². The predicted molar refractivity (Wildman–Crippen MR) is 207 cm³/mol. The van der Waals surface area contributed by atoms with Crippen LogP contribution in [0.4, 0.5) is 8.78 Å². The van der Waals surface area contributed by atoms with Gasteiger partial charge in [-0.05, 0) is 58.1 Å². The largest absolute Gasteiger partial charge is 0.493 e. The molecule has 0 saturated carbocycles. The summed E-state index contributed by atoms with van der Waals surface area (Å²) >= 11 is 0. The molecule has 6 nitrogen and oxygen atoms in total. The molecule has 0 fully saturated rings. The van der Waals surface area contributed by atoms with Crippen molar-refractivity contribution in [1.82, 2.24) is 0 Å². The molecule has 0 aliphatic rings. The van der Waals surface area contributed by atoms with Crippen LogP contribution in [0.3, 0.4) is 0 Å². The summed E-state index contributed by atoms with van der Waals surface area (Å²) in [5.41, 5.74) is 1.35. The van der Waals surface area contributed by atoms with Crippen molar-refractivity contribution in [2.24, 2.45) is 0 Å².